The molecule has 0 aliphatic heterocycles. The van der Waals surface area contributed by atoms with Crippen molar-refractivity contribution in [1.82, 2.24) is 9.97 Å². The normalized spacial score (nSPS) is 12.2. The average Bonchev–Trinajstić information content (AvgIpc) is 2.31. The molecule has 1 rings (SSSR count). The summed E-state index contributed by atoms with van der Waals surface area (Å²) in [5.41, 5.74) is 5.63. The number of anilines is 1. The lowest BCUT2D eigenvalue weighted by Gasteiger charge is -2.11. The second kappa shape index (κ2) is 6.70. The van der Waals surface area contributed by atoms with Crippen LogP contribution in [-0.2, 0) is 9.53 Å². The van der Waals surface area contributed by atoms with E-state index in [0.717, 1.165) is 0 Å². The van der Waals surface area contributed by atoms with Crippen LogP contribution in [0, 0.1) is 0 Å². The first-order chi connectivity index (χ1) is 8.06. The summed E-state index contributed by atoms with van der Waals surface area (Å²) in [6, 6.07) is -0.695. The third-order valence-corrected chi connectivity index (χ3v) is 2.70. The zero-order valence-corrected chi connectivity index (χ0v) is 10.6. The molecule has 0 radical (unpaired) electrons. The van der Waals surface area contributed by atoms with E-state index in [4.69, 9.17) is 33.7 Å². The lowest BCUT2D eigenvalue weighted by Crippen LogP contribution is -2.36. The van der Waals surface area contributed by atoms with Crippen molar-refractivity contribution in [1.29, 1.82) is 0 Å². The molecule has 6 nitrogen and oxygen atoms in total. The van der Waals surface area contributed by atoms with E-state index < -0.39 is 11.9 Å². The summed E-state index contributed by atoms with van der Waals surface area (Å²) in [6.07, 6.45) is 1.60. The molecule has 1 atom stereocenters. The van der Waals surface area contributed by atoms with Gasteiger partial charge in [0.25, 0.3) is 0 Å². The molecule has 0 saturated heterocycles. The number of hydrogen-bond donors (Lipinski definition) is 2. The molecule has 8 heteroatoms. The number of nitrogens with zero attached hydrogens (tertiary/aromatic N) is 2. The van der Waals surface area contributed by atoms with Gasteiger partial charge in [-0.1, -0.05) is 23.2 Å². The highest BCUT2D eigenvalue weighted by Gasteiger charge is 2.16. The van der Waals surface area contributed by atoms with Gasteiger partial charge in [-0.25, -0.2) is 9.97 Å². The summed E-state index contributed by atoms with van der Waals surface area (Å²) in [4.78, 5) is 19.1. The maximum absolute atomic E-state index is 11.6. The van der Waals surface area contributed by atoms with Gasteiger partial charge in [0.05, 0.1) is 6.04 Å². The minimum atomic E-state index is -0.695. The van der Waals surface area contributed by atoms with Crippen LogP contribution in [0.3, 0.4) is 0 Å². The van der Waals surface area contributed by atoms with Crippen molar-refractivity contribution in [3.05, 3.63) is 16.5 Å². The maximum Gasteiger partial charge on any atom is 0.242 e. The molecule has 1 amide bonds. The predicted octanol–water partition coefficient (Wildman–Crippen LogP) is 1.09. The first kappa shape index (κ1) is 14.1. The highest BCUT2D eigenvalue weighted by atomic mass is 35.5. The minimum absolute atomic E-state index is 0.0717. The van der Waals surface area contributed by atoms with Crippen LogP contribution >= 0.6 is 23.2 Å². The van der Waals surface area contributed by atoms with Crippen LogP contribution in [0.1, 0.15) is 6.42 Å². The molecule has 1 heterocycles. The number of ether oxygens (including phenoxy) is 1. The largest absolute Gasteiger partial charge is 0.385 e. The number of nitrogens with one attached hydrogen (secondary N) is 1. The zero-order chi connectivity index (χ0) is 12.8. The predicted molar refractivity (Wildman–Crippen MR) is 65.2 cm³/mol. The molecule has 0 aliphatic rings. The topological polar surface area (TPSA) is 90.1 Å². The Morgan fingerprint density at radius 2 is 2.29 bits per heavy atom. The average molecular weight is 279 g/mol. The van der Waals surface area contributed by atoms with E-state index in [1.807, 2.05) is 0 Å². The van der Waals surface area contributed by atoms with Gasteiger partial charge in [0.1, 0.15) is 11.3 Å². The van der Waals surface area contributed by atoms with Gasteiger partial charge in [-0.3, -0.25) is 4.79 Å². The molecular formula is C9H12Cl2N4O2. The maximum atomic E-state index is 11.6. The molecule has 1 aromatic rings. The summed E-state index contributed by atoms with van der Waals surface area (Å²) in [6.45, 7) is 0.396. The number of carbonyl (C=O) groups excluding carboxylic acids is 1. The van der Waals surface area contributed by atoms with Gasteiger partial charge >= 0.3 is 0 Å². The van der Waals surface area contributed by atoms with E-state index in [1.54, 1.807) is 0 Å². The smallest absolute Gasteiger partial charge is 0.242 e. The highest BCUT2D eigenvalue weighted by molar-refractivity contribution is 6.42. The summed E-state index contributed by atoms with van der Waals surface area (Å²) >= 11 is 11.5. The molecule has 1 aromatic heterocycles. The molecule has 0 saturated carbocycles. The van der Waals surface area contributed by atoms with Crippen LogP contribution in [0.15, 0.2) is 6.33 Å². The molecule has 0 aromatic carbocycles. The van der Waals surface area contributed by atoms with Gasteiger partial charge in [-0.05, 0) is 6.42 Å². The fraction of sp³-hybridized carbons (Fsp3) is 0.444. The van der Waals surface area contributed by atoms with E-state index in [9.17, 15) is 4.79 Å². The van der Waals surface area contributed by atoms with Gasteiger partial charge < -0.3 is 15.8 Å². The second-order valence-electron chi connectivity index (χ2n) is 3.20. The third-order valence-electron chi connectivity index (χ3n) is 1.96. The number of methoxy groups -OCH3 is 1. The second-order valence-corrected chi connectivity index (χ2v) is 3.94. The molecule has 3 N–H and O–H groups in total. The minimum Gasteiger partial charge on any atom is -0.385 e. The standard InChI is InChI=1S/C9H12Cl2N4O2/c1-17-3-2-5(12)9(16)15-8-6(10)7(11)13-4-14-8/h4-5H,2-3,12H2,1H3,(H,13,14,15,16). The number of rotatable bonds is 5. The first-order valence-electron chi connectivity index (χ1n) is 4.77. The van der Waals surface area contributed by atoms with Crippen LogP contribution in [0.25, 0.3) is 0 Å². The fourth-order valence-corrected chi connectivity index (χ4v) is 1.30. The Kier molecular flexibility index (Phi) is 5.57. The van der Waals surface area contributed by atoms with Crippen molar-refractivity contribution in [2.45, 2.75) is 12.5 Å². The quantitative estimate of drug-likeness (QED) is 0.787. The molecule has 0 aliphatic carbocycles. The van der Waals surface area contributed by atoms with Crippen LogP contribution in [0.2, 0.25) is 10.2 Å². The molecule has 17 heavy (non-hydrogen) atoms. The number of halogens is 2. The van der Waals surface area contributed by atoms with E-state index >= 15 is 0 Å². The monoisotopic (exact) mass is 278 g/mol. The number of hydrogen-bond acceptors (Lipinski definition) is 5. The number of amides is 1. The van der Waals surface area contributed by atoms with Crippen molar-refractivity contribution < 1.29 is 9.53 Å². The van der Waals surface area contributed by atoms with Gasteiger partial charge in [0, 0.05) is 13.7 Å². The van der Waals surface area contributed by atoms with Crippen LogP contribution in [0.5, 0.6) is 0 Å². The van der Waals surface area contributed by atoms with Gasteiger partial charge in [0.2, 0.25) is 5.91 Å². The van der Waals surface area contributed by atoms with Crippen molar-refractivity contribution in [2.24, 2.45) is 5.73 Å². The molecule has 0 fully saturated rings. The highest BCUT2D eigenvalue weighted by Crippen LogP contribution is 2.25. The van der Waals surface area contributed by atoms with E-state index in [1.165, 1.54) is 13.4 Å². The van der Waals surface area contributed by atoms with Crippen molar-refractivity contribution in [3.8, 4) is 0 Å². The van der Waals surface area contributed by atoms with Crippen molar-refractivity contribution in [3.63, 3.8) is 0 Å². The lowest BCUT2D eigenvalue weighted by atomic mass is 10.2. The zero-order valence-electron chi connectivity index (χ0n) is 9.11. The van der Waals surface area contributed by atoms with Crippen LogP contribution < -0.4 is 11.1 Å². The van der Waals surface area contributed by atoms with Crippen LogP contribution in [-0.4, -0.2) is 35.6 Å². The molecule has 0 spiro atoms. The van der Waals surface area contributed by atoms with Gasteiger partial charge in [0.15, 0.2) is 11.0 Å². The van der Waals surface area contributed by atoms with Gasteiger partial charge in [-0.15, -0.1) is 0 Å². The lowest BCUT2D eigenvalue weighted by molar-refractivity contribution is -0.117. The summed E-state index contributed by atoms with van der Waals surface area (Å²) in [5, 5.41) is 2.63. The fourth-order valence-electron chi connectivity index (χ4n) is 1.02. The SMILES string of the molecule is COCCC(N)C(=O)Nc1ncnc(Cl)c1Cl. The summed E-state index contributed by atoms with van der Waals surface area (Å²) in [5.74, 6) is -0.261. The third kappa shape index (κ3) is 4.08. The summed E-state index contributed by atoms with van der Waals surface area (Å²) in [7, 11) is 1.53. The van der Waals surface area contributed by atoms with E-state index in [0.29, 0.717) is 13.0 Å². The Morgan fingerprint density at radius 3 is 2.94 bits per heavy atom. The van der Waals surface area contributed by atoms with E-state index in [2.05, 4.69) is 15.3 Å². The summed E-state index contributed by atoms with van der Waals surface area (Å²) < 4.78 is 4.82. The van der Waals surface area contributed by atoms with Crippen molar-refractivity contribution >= 4 is 34.9 Å². The molecular weight excluding hydrogens is 267 g/mol. The van der Waals surface area contributed by atoms with Crippen LogP contribution in [0.4, 0.5) is 5.82 Å². The Morgan fingerprint density at radius 1 is 1.59 bits per heavy atom. The number of aromatic nitrogens is 2. The Balaban J connectivity index is 2.64. The molecule has 0 bridgehead atoms. The molecule has 94 valence electrons. The molecule has 1 unspecified atom stereocenters. The van der Waals surface area contributed by atoms with E-state index in [-0.39, 0.29) is 16.0 Å². The Bertz CT molecular complexity index is 403. The Labute approximate surface area is 108 Å². The number of nitrogens with two attached hydrogens (primary N) is 1. The first-order valence-corrected chi connectivity index (χ1v) is 5.53. The Hall–Kier alpha value is -0.950. The number of carbonyl (C=O) groups is 1. The van der Waals surface area contributed by atoms with Crippen molar-refractivity contribution in [2.75, 3.05) is 19.0 Å². The van der Waals surface area contributed by atoms with Gasteiger partial charge in [-0.2, -0.15) is 0 Å².